The first-order chi connectivity index (χ1) is 14.3. The average Bonchev–Trinajstić information content (AvgIpc) is 3.28. The number of phenols is 1. The summed E-state index contributed by atoms with van der Waals surface area (Å²) in [6, 6.07) is 32.2. The molecule has 0 saturated heterocycles. The molecule has 0 aliphatic carbocycles. The van der Waals surface area contributed by atoms with Gasteiger partial charge in [-0.1, -0.05) is 54.6 Å². The minimum absolute atomic E-state index is 0.279. The third kappa shape index (κ3) is 2.29. The van der Waals surface area contributed by atoms with E-state index in [1.54, 1.807) is 6.07 Å². The van der Waals surface area contributed by atoms with Gasteiger partial charge in [0.1, 0.15) is 5.75 Å². The molecule has 0 atom stereocenters. The molecule has 6 aromatic rings. The van der Waals surface area contributed by atoms with Crippen molar-refractivity contribution < 1.29 is 5.11 Å². The number of aromatic hydroxyl groups is 1. The Bertz CT molecular complexity index is 1510. The topological polar surface area (TPSA) is 42.5 Å². The predicted octanol–water partition coefficient (Wildman–Crippen LogP) is 5.80. The maximum Gasteiger partial charge on any atom is 0.220 e. The second-order valence-corrected chi connectivity index (χ2v) is 7.13. The highest BCUT2D eigenvalue weighted by Crippen LogP contribution is 2.34. The Morgan fingerprint density at radius 3 is 2.28 bits per heavy atom. The SMILES string of the molecule is Oc1ccccc1-c1ccc2c(c1)n1c3ccccc3nc1n2-c1ccccc1. The summed E-state index contributed by atoms with van der Waals surface area (Å²) in [5.74, 6) is 1.16. The first-order valence-corrected chi connectivity index (χ1v) is 9.57. The first kappa shape index (κ1) is 16.0. The molecule has 4 heteroatoms. The first-order valence-electron chi connectivity index (χ1n) is 9.57. The molecule has 0 aliphatic rings. The van der Waals surface area contributed by atoms with E-state index in [9.17, 15) is 5.11 Å². The van der Waals surface area contributed by atoms with Gasteiger partial charge in [-0.25, -0.2) is 4.98 Å². The molecule has 0 unspecified atom stereocenters. The van der Waals surface area contributed by atoms with Crippen LogP contribution in [0.15, 0.2) is 97.1 Å². The van der Waals surface area contributed by atoms with Crippen LogP contribution in [-0.2, 0) is 0 Å². The summed E-state index contributed by atoms with van der Waals surface area (Å²) < 4.78 is 4.38. The second-order valence-electron chi connectivity index (χ2n) is 7.13. The van der Waals surface area contributed by atoms with Crippen molar-refractivity contribution in [2.45, 2.75) is 0 Å². The van der Waals surface area contributed by atoms with E-state index in [0.717, 1.165) is 44.7 Å². The highest BCUT2D eigenvalue weighted by Gasteiger charge is 2.17. The third-order valence-corrected chi connectivity index (χ3v) is 5.43. The molecule has 0 saturated carbocycles. The molecule has 4 nitrogen and oxygen atoms in total. The molecule has 0 aliphatic heterocycles. The molecule has 0 spiro atoms. The van der Waals surface area contributed by atoms with E-state index in [4.69, 9.17) is 4.98 Å². The van der Waals surface area contributed by atoms with Gasteiger partial charge in [0.15, 0.2) is 0 Å². The minimum atomic E-state index is 0.279. The molecular formula is C25H17N3O. The molecule has 0 amide bonds. The summed E-state index contributed by atoms with van der Waals surface area (Å²) in [5.41, 5.74) is 7.01. The van der Waals surface area contributed by atoms with Gasteiger partial charge in [-0.05, 0) is 48.0 Å². The normalized spacial score (nSPS) is 11.6. The molecule has 2 heterocycles. The number of para-hydroxylation sites is 4. The summed E-state index contributed by atoms with van der Waals surface area (Å²) in [4.78, 5) is 4.93. The molecule has 29 heavy (non-hydrogen) atoms. The van der Waals surface area contributed by atoms with Crippen LogP contribution in [0.25, 0.3) is 44.7 Å². The lowest BCUT2D eigenvalue weighted by Crippen LogP contribution is -1.94. The number of hydrogen-bond donors (Lipinski definition) is 1. The summed E-state index contributed by atoms with van der Waals surface area (Å²) in [6.07, 6.45) is 0. The number of aromatic nitrogens is 3. The van der Waals surface area contributed by atoms with E-state index in [2.05, 4.69) is 45.4 Å². The Morgan fingerprint density at radius 1 is 0.655 bits per heavy atom. The number of benzene rings is 4. The van der Waals surface area contributed by atoms with Crippen molar-refractivity contribution >= 4 is 27.8 Å². The van der Waals surface area contributed by atoms with Gasteiger partial charge in [-0.15, -0.1) is 0 Å². The van der Waals surface area contributed by atoms with E-state index in [1.807, 2.05) is 54.6 Å². The van der Waals surface area contributed by atoms with Gasteiger partial charge in [0.2, 0.25) is 5.78 Å². The monoisotopic (exact) mass is 375 g/mol. The molecule has 1 N–H and O–H groups in total. The average molecular weight is 375 g/mol. The van der Waals surface area contributed by atoms with Gasteiger partial charge in [0.25, 0.3) is 0 Å². The predicted molar refractivity (Wildman–Crippen MR) is 117 cm³/mol. The van der Waals surface area contributed by atoms with E-state index in [0.29, 0.717) is 0 Å². The molecule has 0 radical (unpaired) electrons. The molecule has 0 bridgehead atoms. The van der Waals surface area contributed by atoms with Crippen LogP contribution in [0.1, 0.15) is 0 Å². The smallest absolute Gasteiger partial charge is 0.220 e. The summed E-state index contributed by atoms with van der Waals surface area (Å²) in [5, 5.41) is 10.3. The zero-order valence-electron chi connectivity index (χ0n) is 15.5. The van der Waals surface area contributed by atoms with Crippen molar-refractivity contribution in [3.63, 3.8) is 0 Å². The van der Waals surface area contributed by atoms with Crippen LogP contribution in [0.4, 0.5) is 0 Å². The lowest BCUT2D eigenvalue weighted by Gasteiger charge is -2.07. The summed E-state index contributed by atoms with van der Waals surface area (Å²) in [7, 11) is 0. The standard InChI is InChI=1S/C25H17N3O/c29-24-13-7-4-10-19(24)17-14-15-22-23(16-17)28-21-12-6-5-11-20(21)26-25(28)27(22)18-8-2-1-3-9-18/h1-16,29H. The Hall–Kier alpha value is -4.05. The number of hydrogen-bond acceptors (Lipinski definition) is 2. The van der Waals surface area contributed by atoms with Crippen LogP contribution < -0.4 is 0 Å². The van der Waals surface area contributed by atoms with Crippen LogP contribution in [-0.4, -0.2) is 19.1 Å². The van der Waals surface area contributed by atoms with Crippen molar-refractivity contribution in [2.24, 2.45) is 0 Å². The van der Waals surface area contributed by atoms with Crippen LogP contribution in [0.3, 0.4) is 0 Å². The fraction of sp³-hybridized carbons (Fsp3) is 0. The fourth-order valence-electron chi connectivity index (χ4n) is 4.12. The van der Waals surface area contributed by atoms with Crippen LogP contribution >= 0.6 is 0 Å². The van der Waals surface area contributed by atoms with Crippen molar-refractivity contribution in [3.05, 3.63) is 97.1 Å². The van der Waals surface area contributed by atoms with Crippen molar-refractivity contribution in [2.75, 3.05) is 0 Å². The van der Waals surface area contributed by atoms with Gasteiger partial charge < -0.3 is 5.11 Å². The van der Waals surface area contributed by atoms with Gasteiger partial charge in [0, 0.05) is 11.3 Å². The third-order valence-electron chi connectivity index (χ3n) is 5.43. The van der Waals surface area contributed by atoms with Gasteiger partial charge in [-0.2, -0.15) is 0 Å². The lowest BCUT2D eigenvalue weighted by molar-refractivity contribution is 0.477. The maximum absolute atomic E-state index is 10.3. The second kappa shape index (κ2) is 5.97. The number of nitrogens with zero attached hydrogens (tertiary/aromatic N) is 3. The summed E-state index contributed by atoms with van der Waals surface area (Å²) in [6.45, 7) is 0. The molecule has 6 rings (SSSR count). The van der Waals surface area contributed by atoms with E-state index < -0.39 is 0 Å². The fourth-order valence-corrected chi connectivity index (χ4v) is 4.12. The zero-order chi connectivity index (χ0) is 19.4. The van der Waals surface area contributed by atoms with E-state index in [-0.39, 0.29) is 5.75 Å². The number of fused-ring (bicyclic) bond motifs is 5. The Morgan fingerprint density at radius 2 is 1.41 bits per heavy atom. The molecule has 2 aromatic heterocycles. The van der Waals surface area contributed by atoms with Crippen molar-refractivity contribution in [1.29, 1.82) is 0 Å². The van der Waals surface area contributed by atoms with Crippen LogP contribution in [0.2, 0.25) is 0 Å². The van der Waals surface area contributed by atoms with Gasteiger partial charge >= 0.3 is 0 Å². The van der Waals surface area contributed by atoms with Crippen LogP contribution in [0, 0.1) is 0 Å². The number of imidazole rings is 2. The summed E-state index contributed by atoms with van der Waals surface area (Å²) >= 11 is 0. The Kier molecular flexibility index (Phi) is 3.29. The van der Waals surface area contributed by atoms with Crippen molar-refractivity contribution in [1.82, 2.24) is 14.0 Å². The Balaban J connectivity index is 1.77. The Labute approximate surface area is 166 Å². The van der Waals surface area contributed by atoms with Gasteiger partial charge in [0.05, 0.1) is 22.1 Å². The van der Waals surface area contributed by atoms with Gasteiger partial charge in [-0.3, -0.25) is 8.97 Å². The number of phenolic OH excluding ortho intramolecular Hbond substituents is 1. The maximum atomic E-state index is 10.3. The quantitative estimate of drug-likeness (QED) is 0.415. The molecule has 4 aromatic carbocycles. The van der Waals surface area contributed by atoms with E-state index in [1.165, 1.54) is 0 Å². The zero-order valence-corrected chi connectivity index (χ0v) is 15.5. The van der Waals surface area contributed by atoms with Crippen molar-refractivity contribution in [3.8, 4) is 22.6 Å². The number of rotatable bonds is 2. The molecule has 0 fully saturated rings. The lowest BCUT2D eigenvalue weighted by atomic mass is 10.0. The molecular weight excluding hydrogens is 358 g/mol. The van der Waals surface area contributed by atoms with Crippen LogP contribution in [0.5, 0.6) is 5.75 Å². The minimum Gasteiger partial charge on any atom is -0.507 e. The highest BCUT2D eigenvalue weighted by atomic mass is 16.3. The highest BCUT2D eigenvalue weighted by molar-refractivity contribution is 5.94. The largest absolute Gasteiger partial charge is 0.507 e. The molecule has 138 valence electrons. The van der Waals surface area contributed by atoms with E-state index >= 15 is 0 Å².